The summed E-state index contributed by atoms with van der Waals surface area (Å²) in [5, 5.41) is 8.06. The normalized spacial score (nSPS) is 17.4. The maximum absolute atomic E-state index is 12.2. The highest BCUT2D eigenvalue weighted by Gasteiger charge is 2.38. The molecule has 8 N–H and O–H groups in total. The Morgan fingerprint density at radius 3 is 2.36 bits per heavy atom. The number of urea groups is 1. The number of aromatic amines is 1. The number of anilines is 1. The van der Waals surface area contributed by atoms with E-state index in [0.717, 1.165) is 6.42 Å². The lowest BCUT2D eigenvalue weighted by molar-refractivity contribution is 0.0944. The molecule has 0 bridgehead atoms. The fourth-order valence-corrected chi connectivity index (χ4v) is 2.74. The molecule has 0 aliphatic heterocycles. The van der Waals surface area contributed by atoms with E-state index in [1.807, 2.05) is 0 Å². The third-order valence-corrected chi connectivity index (χ3v) is 4.39. The van der Waals surface area contributed by atoms with Gasteiger partial charge in [-0.3, -0.25) is 14.4 Å². The summed E-state index contributed by atoms with van der Waals surface area (Å²) in [4.78, 5) is 48.8. The fraction of sp³-hybridized carbons (Fsp3) is 0.222. The van der Waals surface area contributed by atoms with Crippen LogP contribution in [0.5, 0.6) is 0 Å². The van der Waals surface area contributed by atoms with Gasteiger partial charge in [-0.2, -0.15) is 0 Å². The molecule has 0 radical (unpaired) electrons. The summed E-state index contributed by atoms with van der Waals surface area (Å²) < 4.78 is 0. The van der Waals surface area contributed by atoms with Crippen LogP contribution < -0.4 is 27.4 Å². The van der Waals surface area contributed by atoms with Gasteiger partial charge < -0.3 is 32.4 Å². The van der Waals surface area contributed by atoms with Gasteiger partial charge in [0.15, 0.2) is 0 Å². The number of hydrogen-bond acceptors (Lipinski definition) is 4. The van der Waals surface area contributed by atoms with Crippen LogP contribution in [0.3, 0.4) is 0 Å². The first-order chi connectivity index (χ1) is 13.3. The number of primary amides is 2. The monoisotopic (exact) mass is 384 g/mol. The summed E-state index contributed by atoms with van der Waals surface area (Å²) in [6.07, 6.45) is 2.13. The van der Waals surface area contributed by atoms with Crippen LogP contribution in [0.1, 0.15) is 37.6 Å². The van der Waals surface area contributed by atoms with E-state index in [9.17, 15) is 19.2 Å². The molecule has 3 rings (SSSR count). The quantitative estimate of drug-likeness (QED) is 0.399. The topological polar surface area (TPSA) is 172 Å². The third-order valence-electron chi connectivity index (χ3n) is 4.39. The van der Waals surface area contributed by atoms with Crippen molar-refractivity contribution in [3.05, 3.63) is 53.3 Å². The molecule has 5 amide bonds. The highest BCUT2D eigenvalue weighted by atomic mass is 16.2. The van der Waals surface area contributed by atoms with E-state index in [1.54, 1.807) is 24.3 Å². The molecule has 1 saturated carbocycles. The first kappa shape index (κ1) is 19.0. The zero-order valence-electron chi connectivity index (χ0n) is 14.8. The molecule has 146 valence electrons. The number of carbonyl (C=O) groups excluding carboxylic acids is 4. The van der Waals surface area contributed by atoms with Crippen LogP contribution in [-0.4, -0.2) is 41.3 Å². The van der Waals surface area contributed by atoms with Crippen LogP contribution in [0.4, 0.5) is 10.5 Å². The van der Waals surface area contributed by atoms with Crippen molar-refractivity contribution in [2.75, 3.05) is 11.9 Å². The first-order valence-electron chi connectivity index (χ1n) is 8.57. The summed E-state index contributed by atoms with van der Waals surface area (Å²) in [6, 6.07) is 6.99. The van der Waals surface area contributed by atoms with Crippen LogP contribution in [-0.2, 0) is 0 Å². The molecule has 10 heteroatoms. The second kappa shape index (κ2) is 7.82. The predicted octanol–water partition coefficient (Wildman–Crippen LogP) is 0.153. The van der Waals surface area contributed by atoms with Crippen LogP contribution in [0.15, 0.2) is 36.5 Å². The Kier molecular flexibility index (Phi) is 5.30. The minimum Gasteiger partial charge on any atom is -0.366 e. The van der Waals surface area contributed by atoms with Gasteiger partial charge in [0.1, 0.15) is 5.69 Å². The molecule has 1 heterocycles. The van der Waals surface area contributed by atoms with Gasteiger partial charge in [0, 0.05) is 30.0 Å². The van der Waals surface area contributed by atoms with Crippen LogP contribution >= 0.6 is 0 Å². The Hall–Kier alpha value is -3.82. The maximum Gasteiger partial charge on any atom is 0.316 e. The number of carbonyl (C=O) groups is 4. The van der Waals surface area contributed by atoms with Crippen LogP contribution in [0.2, 0.25) is 0 Å². The smallest absolute Gasteiger partial charge is 0.316 e. The molecule has 1 aliphatic carbocycles. The van der Waals surface area contributed by atoms with Crippen LogP contribution in [0, 0.1) is 5.92 Å². The number of nitrogens with two attached hydrogens (primary N) is 2. The summed E-state index contributed by atoms with van der Waals surface area (Å²) in [6.45, 7) is 0.419. The fourth-order valence-electron chi connectivity index (χ4n) is 2.74. The highest BCUT2D eigenvalue weighted by molar-refractivity contribution is 5.98. The van der Waals surface area contributed by atoms with Crippen molar-refractivity contribution in [3.63, 3.8) is 0 Å². The zero-order valence-corrected chi connectivity index (χ0v) is 14.8. The van der Waals surface area contributed by atoms with Gasteiger partial charge in [-0.15, -0.1) is 0 Å². The Morgan fingerprint density at radius 1 is 1.04 bits per heavy atom. The van der Waals surface area contributed by atoms with E-state index in [-0.39, 0.29) is 35.0 Å². The number of benzene rings is 1. The first-order valence-corrected chi connectivity index (χ1v) is 8.57. The lowest BCUT2D eigenvalue weighted by atomic mass is 10.2. The molecule has 10 nitrogen and oxygen atoms in total. The zero-order chi connectivity index (χ0) is 20.3. The Balaban J connectivity index is 1.43. The van der Waals surface area contributed by atoms with E-state index in [4.69, 9.17) is 11.5 Å². The molecule has 28 heavy (non-hydrogen) atoms. The van der Waals surface area contributed by atoms with Gasteiger partial charge >= 0.3 is 6.03 Å². The molecule has 1 aromatic carbocycles. The van der Waals surface area contributed by atoms with Crippen molar-refractivity contribution >= 4 is 29.4 Å². The highest BCUT2D eigenvalue weighted by Crippen LogP contribution is 2.29. The Bertz CT molecular complexity index is 920. The largest absolute Gasteiger partial charge is 0.366 e. The van der Waals surface area contributed by atoms with E-state index >= 15 is 0 Å². The molecule has 0 saturated heterocycles. The maximum atomic E-state index is 12.2. The number of H-pyrrole nitrogens is 1. The number of aromatic nitrogens is 1. The Morgan fingerprint density at radius 2 is 1.75 bits per heavy atom. The third kappa shape index (κ3) is 4.67. The molecule has 2 unspecified atom stereocenters. The van der Waals surface area contributed by atoms with E-state index in [2.05, 4.69) is 20.9 Å². The lowest BCUT2D eigenvalue weighted by Gasteiger charge is -2.07. The summed E-state index contributed by atoms with van der Waals surface area (Å²) in [5.41, 5.74) is 11.6. The number of hydrogen-bond donors (Lipinski definition) is 6. The summed E-state index contributed by atoms with van der Waals surface area (Å²) in [5.74, 6) is -1.06. The van der Waals surface area contributed by atoms with Crippen molar-refractivity contribution in [1.29, 1.82) is 0 Å². The van der Waals surface area contributed by atoms with Crippen molar-refractivity contribution in [3.8, 4) is 0 Å². The summed E-state index contributed by atoms with van der Waals surface area (Å²) >= 11 is 0. The average Bonchev–Trinajstić information content (AvgIpc) is 3.17. The van der Waals surface area contributed by atoms with Crippen molar-refractivity contribution in [2.24, 2.45) is 17.4 Å². The van der Waals surface area contributed by atoms with Gasteiger partial charge in [-0.05, 0) is 42.7 Å². The molecule has 1 fully saturated rings. The second-order valence-electron chi connectivity index (χ2n) is 6.52. The van der Waals surface area contributed by atoms with Gasteiger partial charge in [-0.1, -0.05) is 0 Å². The molecule has 0 spiro atoms. The van der Waals surface area contributed by atoms with E-state index in [1.165, 1.54) is 12.3 Å². The second-order valence-corrected chi connectivity index (χ2v) is 6.52. The minimum absolute atomic E-state index is 0.0460. The summed E-state index contributed by atoms with van der Waals surface area (Å²) in [7, 11) is 0. The van der Waals surface area contributed by atoms with E-state index < -0.39 is 11.9 Å². The van der Waals surface area contributed by atoms with Crippen molar-refractivity contribution < 1.29 is 19.2 Å². The van der Waals surface area contributed by atoms with Gasteiger partial charge in [0.2, 0.25) is 5.91 Å². The van der Waals surface area contributed by atoms with Crippen LogP contribution in [0.25, 0.3) is 0 Å². The molecule has 1 aromatic heterocycles. The SMILES string of the molecule is NC(=O)Nc1ccc(C(=O)NCC2CC2NC(=O)c2cc(C(N)=O)c[nH]2)cc1. The number of nitrogens with one attached hydrogen (secondary N) is 4. The predicted molar refractivity (Wildman–Crippen MR) is 101 cm³/mol. The average molecular weight is 384 g/mol. The van der Waals surface area contributed by atoms with Gasteiger partial charge in [-0.25, -0.2) is 4.79 Å². The molecular formula is C18H20N6O4. The lowest BCUT2D eigenvalue weighted by Crippen LogP contribution is -2.31. The van der Waals surface area contributed by atoms with Gasteiger partial charge in [0.25, 0.3) is 11.8 Å². The minimum atomic E-state index is -0.677. The molecule has 1 aliphatic rings. The number of amides is 5. The molecule has 2 aromatic rings. The molecular weight excluding hydrogens is 364 g/mol. The van der Waals surface area contributed by atoms with Gasteiger partial charge in [0.05, 0.1) is 5.56 Å². The van der Waals surface area contributed by atoms with E-state index in [0.29, 0.717) is 17.8 Å². The standard InChI is InChI=1S/C18H20N6O4/c19-15(25)11-6-14(21-8-11)17(27)24-13-5-10(13)7-22-16(26)9-1-3-12(4-2-9)23-18(20)28/h1-4,6,8,10,13,21H,5,7H2,(H2,19,25)(H,22,26)(H,24,27)(H3,20,23,28). The van der Waals surface area contributed by atoms with Crippen molar-refractivity contribution in [2.45, 2.75) is 12.5 Å². The Labute approximate surface area is 160 Å². The number of rotatable bonds is 7. The van der Waals surface area contributed by atoms with Crippen molar-refractivity contribution in [1.82, 2.24) is 15.6 Å². The molecule has 2 atom stereocenters.